The van der Waals surface area contributed by atoms with Crippen LogP contribution in [0.2, 0.25) is 0 Å². The Morgan fingerprint density at radius 2 is 2.15 bits per heavy atom. The van der Waals surface area contributed by atoms with Crippen molar-refractivity contribution in [3.63, 3.8) is 0 Å². The molecule has 0 radical (unpaired) electrons. The fourth-order valence-electron chi connectivity index (χ4n) is 2.92. The maximum atomic E-state index is 4.57. The van der Waals surface area contributed by atoms with Crippen LogP contribution in [0.3, 0.4) is 0 Å². The van der Waals surface area contributed by atoms with Gasteiger partial charge >= 0.3 is 0 Å². The topological polar surface area (TPSA) is 55.6 Å². The summed E-state index contributed by atoms with van der Waals surface area (Å²) in [6.45, 7) is 9.73. The summed E-state index contributed by atoms with van der Waals surface area (Å²) in [5.74, 6) is 0.675. The average Bonchev–Trinajstić information content (AvgIpc) is 2.82. The molecular formula is C15H23N5. The molecule has 0 bridgehead atoms. The lowest BCUT2D eigenvalue weighted by Crippen LogP contribution is -2.32. The van der Waals surface area contributed by atoms with Gasteiger partial charge in [0.15, 0.2) is 5.65 Å². The van der Waals surface area contributed by atoms with E-state index in [4.69, 9.17) is 0 Å². The third-order valence-corrected chi connectivity index (χ3v) is 3.97. The zero-order valence-electron chi connectivity index (χ0n) is 12.6. The van der Waals surface area contributed by atoms with Crippen LogP contribution in [-0.4, -0.2) is 32.6 Å². The second-order valence-electron chi connectivity index (χ2n) is 6.75. The molecule has 2 aromatic heterocycles. The molecule has 0 amide bonds. The zero-order chi connectivity index (χ0) is 14.2. The van der Waals surface area contributed by atoms with Crippen molar-refractivity contribution >= 4 is 11.2 Å². The van der Waals surface area contributed by atoms with Crippen molar-refractivity contribution in [1.29, 1.82) is 0 Å². The second kappa shape index (κ2) is 5.13. The molecular weight excluding hydrogens is 250 g/mol. The van der Waals surface area contributed by atoms with Crippen molar-refractivity contribution in [1.82, 2.24) is 24.8 Å². The van der Waals surface area contributed by atoms with Gasteiger partial charge in [-0.05, 0) is 31.8 Å². The van der Waals surface area contributed by atoms with E-state index in [1.807, 2.05) is 6.33 Å². The molecule has 1 atom stereocenters. The van der Waals surface area contributed by atoms with Gasteiger partial charge in [-0.2, -0.15) is 0 Å². The van der Waals surface area contributed by atoms with Crippen LogP contribution in [0.25, 0.3) is 11.2 Å². The number of nitrogens with one attached hydrogen (secondary N) is 1. The monoisotopic (exact) mass is 273 g/mol. The first-order valence-corrected chi connectivity index (χ1v) is 7.43. The van der Waals surface area contributed by atoms with Crippen LogP contribution < -0.4 is 5.32 Å². The maximum absolute atomic E-state index is 4.57. The Morgan fingerprint density at radius 1 is 1.30 bits per heavy atom. The van der Waals surface area contributed by atoms with Crippen LogP contribution >= 0.6 is 0 Å². The summed E-state index contributed by atoms with van der Waals surface area (Å²) in [5, 5.41) is 3.46. The van der Waals surface area contributed by atoms with Crippen LogP contribution in [0.4, 0.5) is 0 Å². The fraction of sp³-hybridized carbons (Fsp3) is 0.667. The summed E-state index contributed by atoms with van der Waals surface area (Å²) in [6, 6.07) is 0. The molecule has 0 saturated carbocycles. The van der Waals surface area contributed by atoms with E-state index < -0.39 is 0 Å². The van der Waals surface area contributed by atoms with E-state index >= 15 is 0 Å². The highest BCUT2D eigenvalue weighted by Crippen LogP contribution is 2.26. The third kappa shape index (κ3) is 2.54. The summed E-state index contributed by atoms with van der Waals surface area (Å²) >= 11 is 0. The molecule has 1 saturated heterocycles. The van der Waals surface area contributed by atoms with E-state index in [1.54, 1.807) is 6.33 Å². The van der Waals surface area contributed by atoms with Crippen LogP contribution in [-0.2, 0) is 12.0 Å². The molecule has 1 fully saturated rings. The van der Waals surface area contributed by atoms with Crippen LogP contribution in [0.15, 0.2) is 12.7 Å². The van der Waals surface area contributed by atoms with Crippen LogP contribution in [0.5, 0.6) is 0 Å². The van der Waals surface area contributed by atoms with Gasteiger partial charge in [0.1, 0.15) is 11.8 Å². The number of hydrogen-bond acceptors (Lipinski definition) is 4. The molecule has 3 heterocycles. The van der Waals surface area contributed by atoms with Gasteiger partial charge in [-0.3, -0.25) is 0 Å². The van der Waals surface area contributed by atoms with Gasteiger partial charge in [0.2, 0.25) is 0 Å². The highest BCUT2D eigenvalue weighted by Gasteiger charge is 2.22. The summed E-state index contributed by atoms with van der Waals surface area (Å²) in [7, 11) is 0. The smallest absolute Gasteiger partial charge is 0.163 e. The van der Waals surface area contributed by atoms with Crippen molar-refractivity contribution < 1.29 is 0 Å². The molecule has 2 aromatic rings. The Kier molecular flexibility index (Phi) is 3.46. The van der Waals surface area contributed by atoms with Crippen LogP contribution in [0.1, 0.15) is 39.3 Å². The number of rotatable bonds is 2. The first-order valence-electron chi connectivity index (χ1n) is 7.43. The Morgan fingerprint density at radius 3 is 2.85 bits per heavy atom. The van der Waals surface area contributed by atoms with Crippen molar-refractivity contribution in [3.8, 4) is 0 Å². The number of aromatic nitrogens is 4. The Balaban J connectivity index is 1.93. The van der Waals surface area contributed by atoms with E-state index in [9.17, 15) is 0 Å². The summed E-state index contributed by atoms with van der Waals surface area (Å²) in [4.78, 5) is 13.5. The Labute approximate surface area is 119 Å². The molecule has 5 nitrogen and oxygen atoms in total. The predicted octanol–water partition coefficient (Wildman–Crippen LogP) is 2.12. The Hall–Kier alpha value is -1.49. The average molecular weight is 273 g/mol. The molecule has 1 aliphatic heterocycles. The standard InChI is InChI=1S/C15H23N5/c1-15(2,3)13-12-14(18-9-17-13)20(10-19-12)8-11-5-4-6-16-7-11/h9-11,16H,4-8H2,1-3H3. The molecule has 0 aromatic carbocycles. The summed E-state index contributed by atoms with van der Waals surface area (Å²) in [6.07, 6.45) is 6.13. The molecule has 0 spiro atoms. The van der Waals surface area contributed by atoms with Gasteiger partial charge in [-0.15, -0.1) is 0 Å². The van der Waals surface area contributed by atoms with E-state index in [-0.39, 0.29) is 5.41 Å². The van der Waals surface area contributed by atoms with Gasteiger partial charge in [0.25, 0.3) is 0 Å². The van der Waals surface area contributed by atoms with Gasteiger partial charge in [-0.1, -0.05) is 20.8 Å². The minimum Gasteiger partial charge on any atom is -0.316 e. The fourth-order valence-corrected chi connectivity index (χ4v) is 2.92. The minimum atomic E-state index is -0.00718. The van der Waals surface area contributed by atoms with E-state index in [2.05, 4.69) is 45.6 Å². The molecule has 1 aliphatic rings. The van der Waals surface area contributed by atoms with Gasteiger partial charge in [0, 0.05) is 12.0 Å². The molecule has 1 unspecified atom stereocenters. The quantitative estimate of drug-likeness (QED) is 0.910. The number of fused-ring (bicyclic) bond motifs is 1. The molecule has 20 heavy (non-hydrogen) atoms. The molecule has 5 heteroatoms. The zero-order valence-corrected chi connectivity index (χ0v) is 12.6. The lowest BCUT2D eigenvalue weighted by atomic mass is 9.91. The number of piperidine rings is 1. The summed E-state index contributed by atoms with van der Waals surface area (Å²) < 4.78 is 2.18. The first kappa shape index (κ1) is 13.5. The third-order valence-electron chi connectivity index (χ3n) is 3.97. The van der Waals surface area contributed by atoms with E-state index in [0.717, 1.165) is 36.5 Å². The molecule has 0 aliphatic carbocycles. The number of imidazole rings is 1. The van der Waals surface area contributed by atoms with E-state index in [0.29, 0.717) is 5.92 Å². The lowest BCUT2D eigenvalue weighted by molar-refractivity contribution is 0.339. The highest BCUT2D eigenvalue weighted by atomic mass is 15.1. The Bertz CT molecular complexity index is 590. The van der Waals surface area contributed by atoms with Gasteiger partial charge < -0.3 is 9.88 Å². The summed E-state index contributed by atoms with van der Waals surface area (Å²) in [5.41, 5.74) is 2.94. The predicted molar refractivity (Wildman–Crippen MR) is 79.6 cm³/mol. The molecule has 108 valence electrons. The van der Waals surface area contributed by atoms with Gasteiger partial charge in [-0.25, -0.2) is 15.0 Å². The largest absolute Gasteiger partial charge is 0.316 e. The van der Waals surface area contributed by atoms with Crippen molar-refractivity contribution in [2.75, 3.05) is 13.1 Å². The van der Waals surface area contributed by atoms with Crippen molar-refractivity contribution in [3.05, 3.63) is 18.3 Å². The maximum Gasteiger partial charge on any atom is 0.163 e. The highest BCUT2D eigenvalue weighted by molar-refractivity contribution is 5.74. The molecule has 1 N–H and O–H groups in total. The molecule has 3 rings (SSSR count). The minimum absolute atomic E-state index is 0.00718. The first-order chi connectivity index (χ1) is 9.55. The van der Waals surface area contributed by atoms with Crippen molar-refractivity contribution in [2.45, 2.75) is 45.6 Å². The van der Waals surface area contributed by atoms with Crippen LogP contribution in [0, 0.1) is 5.92 Å². The SMILES string of the molecule is CC(C)(C)c1ncnc2c1ncn2CC1CCCNC1. The van der Waals surface area contributed by atoms with Crippen molar-refractivity contribution in [2.24, 2.45) is 5.92 Å². The lowest BCUT2D eigenvalue weighted by Gasteiger charge is -2.23. The van der Waals surface area contributed by atoms with Gasteiger partial charge in [0.05, 0.1) is 12.0 Å². The number of nitrogens with zero attached hydrogens (tertiary/aromatic N) is 4. The normalized spacial score (nSPS) is 20.4. The second-order valence-corrected chi connectivity index (χ2v) is 6.75. The number of hydrogen-bond donors (Lipinski definition) is 1. The van der Waals surface area contributed by atoms with E-state index in [1.165, 1.54) is 12.8 Å².